The van der Waals surface area contributed by atoms with Gasteiger partial charge in [-0.15, -0.1) is 0 Å². The molecule has 0 amide bonds. The third-order valence-electron chi connectivity index (χ3n) is 3.86. The molecule has 0 fully saturated rings. The maximum Gasteiger partial charge on any atom is 1.00 e. The minimum Gasteiger partial charge on any atom is -0.550 e. The summed E-state index contributed by atoms with van der Waals surface area (Å²) in [6.07, 6.45) is 3.79. The Morgan fingerprint density at radius 3 is 1.67 bits per heavy atom. The van der Waals surface area contributed by atoms with Crippen LogP contribution in [0.3, 0.4) is 0 Å². The summed E-state index contributed by atoms with van der Waals surface area (Å²) in [5.74, 6) is -0.429. The SMILES string of the molecule is CC(CCC(C(=O)[O-])C(C)CC(C)(C)C)CC(C)(C)C.[K+]. The van der Waals surface area contributed by atoms with Crippen LogP contribution in [0.5, 0.6) is 0 Å². The molecule has 0 aromatic carbocycles. The zero-order chi connectivity index (χ0) is 16.1. The van der Waals surface area contributed by atoms with Gasteiger partial charge in [0, 0.05) is 11.9 Å². The van der Waals surface area contributed by atoms with Crippen molar-refractivity contribution in [3.63, 3.8) is 0 Å². The molecule has 3 heteroatoms. The molecule has 3 atom stereocenters. The van der Waals surface area contributed by atoms with Gasteiger partial charge in [0.2, 0.25) is 0 Å². The molecule has 0 aromatic rings. The van der Waals surface area contributed by atoms with Crippen LogP contribution in [-0.2, 0) is 4.79 Å². The Bertz CT molecular complexity index is 299. The number of aliphatic carboxylic acids is 1. The molecular weight excluding hydrogens is 287 g/mol. The quantitative estimate of drug-likeness (QED) is 0.663. The van der Waals surface area contributed by atoms with E-state index in [0.29, 0.717) is 11.3 Å². The van der Waals surface area contributed by atoms with Crippen LogP contribution in [0, 0.1) is 28.6 Å². The van der Waals surface area contributed by atoms with Gasteiger partial charge in [-0.25, -0.2) is 0 Å². The van der Waals surface area contributed by atoms with Gasteiger partial charge in [-0.2, -0.15) is 0 Å². The van der Waals surface area contributed by atoms with E-state index in [1.165, 1.54) is 0 Å². The van der Waals surface area contributed by atoms with Gasteiger partial charge in [0.25, 0.3) is 0 Å². The Hall–Kier alpha value is 1.11. The second-order valence-corrected chi connectivity index (χ2v) is 9.11. The average Bonchev–Trinajstić information content (AvgIpc) is 2.10. The Morgan fingerprint density at radius 1 is 0.905 bits per heavy atom. The molecule has 0 saturated heterocycles. The van der Waals surface area contributed by atoms with Gasteiger partial charge < -0.3 is 9.90 Å². The van der Waals surface area contributed by atoms with E-state index in [1.54, 1.807) is 0 Å². The molecule has 0 radical (unpaired) electrons. The van der Waals surface area contributed by atoms with E-state index in [9.17, 15) is 9.90 Å². The number of rotatable bonds is 7. The molecule has 0 N–H and O–H groups in total. The molecule has 0 saturated carbocycles. The van der Waals surface area contributed by atoms with Crippen molar-refractivity contribution in [3.8, 4) is 0 Å². The third-order valence-corrected chi connectivity index (χ3v) is 3.86. The van der Waals surface area contributed by atoms with Crippen molar-refractivity contribution in [2.45, 2.75) is 81.1 Å². The molecule has 0 aromatic heterocycles. The van der Waals surface area contributed by atoms with Gasteiger partial charge in [-0.3, -0.25) is 0 Å². The fourth-order valence-corrected chi connectivity index (χ4v) is 3.35. The van der Waals surface area contributed by atoms with E-state index in [1.807, 2.05) is 0 Å². The van der Waals surface area contributed by atoms with Crippen molar-refractivity contribution in [3.05, 3.63) is 0 Å². The number of carboxylic acid groups (broad SMARTS) is 1. The Labute approximate surface area is 175 Å². The number of carbonyl (C=O) groups is 1. The summed E-state index contributed by atoms with van der Waals surface area (Å²) < 4.78 is 0. The van der Waals surface area contributed by atoms with Crippen LogP contribution < -0.4 is 56.5 Å². The number of carbonyl (C=O) groups excluding carboxylic acids is 1. The molecule has 3 unspecified atom stereocenters. The molecule has 2 nitrogen and oxygen atoms in total. The summed E-state index contributed by atoms with van der Waals surface area (Å²) in [5, 5.41) is 11.4. The Balaban J connectivity index is 0. The van der Waals surface area contributed by atoms with Crippen molar-refractivity contribution in [1.29, 1.82) is 0 Å². The third kappa shape index (κ3) is 13.3. The van der Waals surface area contributed by atoms with Gasteiger partial charge in [0.05, 0.1) is 0 Å². The van der Waals surface area contributed by atoms with Crippen LogP contribution in [-0.4, -0.2) is 5.97 Å². The van der Waals surface area contributed by atoms with Crippen LogP contribution in [0.1, 0.15) is 81.1 Å². The predicted octanol–water partition coefficient (Wildman–Crippen LogP) is 1.28. The van der Waals surface area contributed by atoms with E-state index in [0.717, 1.165) is 25.7 Å². The van der Waals surface area contributed by atoms with Crippen LogP contribution in [0.15, 0.2) is 0 Å². The largest absolute Gasteiger partial charge is 1.00 e. The van der Waals surface area contributed by atoms with E-state index in [2.05, 4.69) is 55.4 Å². The molecular formula is C18H35KO2. The van der Waals surface area contributed by atoms with E-state index < -0.39 is 5.97 Å². The Kier molecular flexibility index (Phi) is 11.7. The summed E-state index contributed by atoms with van der Waals surface area (Å²) in [5.41, 5.74) is 0.484. The van der Waals surface area contributed by atoms with E-state index in [4.69, 9.17) is 0 Å². The number of carboxylic acids is 1. The van der Waals surface area contributed by atoms with Crippen molar-refractivity contribution in [2.75, 3.05) is 0 Å². The van der Waals surface area contributed by atoms with Crippen molar-refractivity contribution < 1.29 is 61.3 Å². The van der Waals surface area contributed by atoms with Gasteiger partial charge in [0.1, 0.15) is 0 Å². The molecule has 0 bridgehead atoms. The molecule has 0 aliphatic carbocycles. The zero-order valence-corrected chi connectivity index (χ0v) is 19.0. The molecule has 0 spiro atoms. The maximum absolute atomic E-state index is 11.4. The topological polar surface area (TPSA) is 40.1 Å². The number of hydrogen-bond donors (Lipinski definition) is 0. The standard InChI is InChI=1S/C18H36O2.K/c1-13(11-17(3,4)5)9-10-15(16(19)20)14(2)12-18(6,7)8;/h13-15H,9-12H2,1-8H3,(H,19,20);/q;+1/p-1. The van der Waals surface area contributed by atoms with Crippen molar-refractivity contribution in [1.82, 2.24) is 0 Å². The van der Waals surface area contributed by atoms with Gasteiger partial charge in [-0.1, -0.05) is 61.8 Å². The summed E-state index contributed by atoms with van der Waals surface area (Å²) in [4.78, 5) is 11.4. The molecule has 0 aliphatic rings. The molecule has 0 rings (SSSR count). The van der Waals surface area contributed by atoms with Crippen molar-refractivity contribution >= 4 is 5.97 Å². The summed E-state index contributed by atoms with van der Waals surface area (Å²) in [6.45, 7) is 17.5. The predicted molar refractivity (Wildman–Crippen MR) is 84.2 cm³/mol. The first-order valence-electron chi connectivity index (χ1n) is 8.03. The molecule has 21 heavy (non-hydrogen) atoms. The minimum absolute atomic E-state index is 0. The van der Waals surface area contributed by atoms with Crippen LogP contribution in [0.25, 0.3) is 0 Å². The number of hydrogen-bond acceptors (Lipinski definition) is 2. The van der Waals surface area contributed by atoms with Crippen LogP contribution in [0.4, 0.5) is 0 Å². The molecule has 0 aliphatic heterocycles. The van der Waals surface area contributed by atoms with Gasteiger partial charge in [0.15, 0.2) is 0 Å². The van der Waals surface area contributed by atoms with E-state index in [-0.39, 0.29) is 68.6 Å². The molecule has 0 heterocycles. The zero-order valence-electron chi connectivity index (χ0n) is 15.9. The van der Waals surface area contributed by atoms with Gasteiger partial charge >= 0.3 is 51.4 Å². The summed E-state index contributed by atoms with van der Waals surface area (Å²) in [7, 11) is 0. The fraction of sp³-hybridized carbons (Fsp3) is 0.944. The van der Waals surface area contributed by atoms with Crippen LogP contribution in [0.2, 0.25) is 0 Å². The van der Waals surface area contributed by atoms with Gasteiger partial charge in [-0.05, 0) is 41.9 Å². The minimum atomic E-state index is -0.871. The maximum atomic E-state index is 11.4. The normalized spacial score (nSPS) is 16.8. The molecule has 120 valence electrons. The second kappa shape index (κ2) is 10.1. The first-order chi connectivity index (χ1) is 8.82. The van der Waals surface area contributed by atoms with Crippen LogP contribution >= 0.6 is 0 Å². The van der Waals surface area contributed by atoms with E-state index >= 15 is 0 Å². The Morgan fingerprint density at radius 2 is 1.33 bits per heavy atom. The van der Waals surface area contributed by atoms with Crippen molar-refractivity contribution in [2.24, 2.45) is 28.6 Å². The fourth-order valence-electron chi connectivity index (χ4n) is 3.35. The second-order valence-electron chi connectivity index (χ2n) is 9.11. The average molecular weight is 323 g/mol. The smallest absolute Gasteiger partial charge is 0.550 e. The summed E-state index contributed by atoms with van der Waals surface area (Å²) in [6, 6.07) is 0. The first-order valence-corrected chi connectivity index (χ1v) is 8.03. The first kappa shape index (κ1) is 24.4. The summed E-state index contributed by atoms with van der Waals surface area (Å²) >= 11 is 0. The monoisotopic (exact) mass is 322 g/mol.